The van der Waals surface area contributed by atoms with Gasteiger partial charge >= 0.3 is 6.09 Å². The number of hydrogen-bond donors (Lipinski definition) is 2. The molecule has 2 aliphatic heterocycles. The quantitative estimate of drug-likeness (QED) is 0.390. The van der Waals surface area contributed by atoms with Gasteiger partial charge in [-0.1, -0.05) is 72.3 Å². The molecule has 2 heterocycles. The van der Waals surface area contributed by atoms with E-state index in [9.17, 15) is 9.59 Å². The number of benzene rings is 3. The molecular weight excluding hydrogens is 510 g/mol. The van der Waals surface area contributed by atoms with Gasteiger partial charge in [0, 0.05) is 35.6 Å². The van der Waals surface area contributed by atoms with E-state index in [0.29, 0.717) is 12.1 Å². The average molecular weight is 544 g/mol. The Bertz CT molecular complexity index is 1300. The van der Waals surface area contributed by atoms with Gasteiger partial charge in [-0.05, 0) is 72.6 Å². The standard InChI is InChI=1S/C32H34ClN3O3/c1-20(34-32(38)39-19-30-28-8-4-2-6-26(28)27-7-3-5-9-29(27)30)31(37)35-23-16-24-14-15-25(17-23)36(24)18-21-10-12-22(33)13-11-21/h2-13,20,23-25,30H,14-19H2,1H3,(H,34,38)(H,35,37)/t20-,23-,24+,25-/m0/s1. The van der Waals surface area contributed by atoms with Crippen molar-refractivity contribution in [1.82, 2.24) is 15.5 Å². The number of halogens is 1. The van der Waals surface area contributed by atoms with Gasteiger partial charge in [0.05, 0.1) is 0 Å². The number of hydrogen-bond acceptors (Lipinski definition) is 4. The zero-order valence-electron chi connectivity index (χ0n) is 22.1. The third kappa shape index (κ3) is 5.41. The number of piperidine rings is 1. The third-order valence-corrected chi connectivity index (χ3v) is 8.83. The number of amides is 2. The number of carbonyl (C=O) groups is 2. The van der Waals surface area contributed by atoms with Crippen LogP contribution in [0.4, 0.5) is 4.79 Å². The van der Waals surface area contributed by atoms with E-state index in [-0.39, 0.29) is 24.5 Å². The second-order valence-corrected chi connectivity index (χ2v) is 11.5. The average Bonchev–Trinajstić information content (AvgIpc) is 3.37. The Morgan fingerprint density at radius 2 is 1.51 bits per heavy atom. The molecule has 0 spiro atoms. The van der Waals surface area contributed by atoms with Gasteiger partial charge in [-0.25, -0.2) is 4.79 Å². The molecule has 3 aromatic rings. The molecule has 2 amide bonds. The molecule has 4 atom stereocenters. The topological polar surface area (TPSA) is 70.7 Å². The smallest absolute Gasteiger partial charge is 0.407 e. The van der Waals surface area contributed by atoms with Crippen LogP contribution in [-0.2, 0) is 16.1 Å². The van der Waals surface area contributed by atoms with Crippen LogP contribution < -0.4 is 10.6 Å². The maximum atomic E-state index is 13.0. The van der Waals surface area contributed by atoms with Crippen LogP contribution in [-0.4, -0.2) is 47.7 Å². The lowest BCUT2D eigenvalue weighted by Crippen LogP contribution is -2.53. The molecule has 2 bridgehead atoms. The number of nitrogens with one attached hydrogen (secondary N) is 2. The number of fused-ring (bicyclic) bond motifs is 5. The first-order valence-corrected chi connectivity index (χ1v) is 14.3. The van der Waals surface area contributed by atoms with Crippen molar-refractivity contribution in [2.24, 2.45) is 0 Å². The van der Waals surface area contributed by atoms with Gasteiger partial charge in [-0.15, -0.1) is 0 Å². The minimum atomic E-state index is -0.676. The molecule has 3 aliphatic rings. The summed E-state index contributed by atoms with van der Waals surface area (Å²) in [4.78, 5) is 28.2. The lowest BCUT2D eigenvalue weighted by Gasteiger charge is -2.39. The van der Waals surface area contributed by atoms with Crippen molar-refractivity contribution in [2.45, 2.75) is 69.2 Å². The van der Waals surface area contributed by atoms with Gasteiger partial charge in [-0.3, -0.25) is 9.69 Å². The molecule has 1 aliphatic carbocycles. The highest BCUT2D eigenvalue weighted by atomic mass is 35.5. The van der Waals surface area contributed by atoms with Crippen LogP contribution in [0.2, 0.25) is 5.02 Å². The summed E-state index contributed by atoms with van der Waals surface area (Å²) in [5.41, 5.74) is 5.95. The van der Waals surface area contributed by atoms with Crippen LogP contribution in [0.15, 0.2) is 72.8 Å². The lowest BCUT2D eigenvalue weighted by molar-refractivity contribution is -0.123. The van der Waals surface area contributed by atoms with E-state index >= 15 is 0 Å². The van der Waals surface area contributed by atoms with E-state index in [2.05, 4.69) is 51.9 Å². The summed E-state index contributed by atoms with van der Waals surface area (Å²) in [7, 11) is 0. The summed E-state index contributed by atoms with van der Waals surface area (Å²) < 4.78 is 5.63. The summed E-state index contributed by atoms with van der Waals surface area (Å²) in [6, 6.07) is 24.9. The molecule has 6 rings (SSSR count). The van der Waals surface area contributed by atoms with E-state index in [1.54, 1.807) is 6.92 Å². The van der Waals surface area contributed by atoms with E-state index < -0.39 is 12.1 Å². The zero-order chi connectivity index (χ0) is 26.9. The van der Waals surface area contributed by atoms with Crippen LogP contribution in [0.5, 0.6) is 0 Å². The second-order valence-electron chi connectivity index (χ2n) is 11.1. The Hall–Kier alpha value is -3.35. The highest BCUT2D eigenvalue weighted by molar-refractivity contribution is 6.30. The summed E-state index contributed by atoms with van der Waals surface area (Å²) in [5, 5.41) is 6.67. The fourth-order valence-corrected chi connectivity index (χ4v) is 6.79. The molecule has 2 N–H and O–H groups in total. The Balaban J connectivity index is 0.993. The minimum absolute atomic E-state index is 0.0131. The van der Waals surface area contributed by atoms with Gasteiger partial charge in [0.1, 0.15) is 12.6 Å². The highest BCUT2D eigenvalue weighted by Crippen LogP contribution is 2.44. The van der Waals surface area contributed by atoms with Crippen LogP contribution >= 0.6 is 11.6 Å². The molecule has 3 aromatic carbocycles. The molecule has 0 radical (unpaired) electrons. The molecule has 2 fully saturated rings. The molecule has 0 saturated carbocycles. The van der Waals surface area contributed by atoms with Crippen molar-refractivity contribution in [3.05, 3.63) is 94.5 Å². The SMILES string of the molecule is C[C@H](NC(=O)OCC1c2ccccc2-c2ccccc21)C(=O)N[C@H]1C[C@H]2CC[C@@H](C1)N2Cc1ccc(Cl)cc1. The maximum Gasteiger partial charge on any atom is 0.407 e. The summed E-state index contributed by atoms with van der Waals surface area (Å²) in [6.07, 6.45) is 3.58. The Labute approximate surface area is 234 Å². The van der Waals surface area contributed by atoms with Crippen molar-refractivity contribution >= 4 is 23.6 Å². The summed E-state index contributed by atoms with van der Waals surface area (Å²) in [5.74, 6) is -0.181. The zero-order valence-corrected chi connectivity index (χ0v) is 22.9. The second kappa shape index (κ2) is 11.0. The Morgan fingerprint density at radius 3 is 2.13 bits per heavy atom. The van der Waals surface area contributed by atoms with Crippen molar-refractivity contribution in [2.75, 3.05) is 6.61 Å². The first-order chi connectivity index (χ1) is 19.0. The maximum absolute atomic E-state index is 13.0. The predicted octanol–water partition coefficient (Wildman–Crippen LogP) is 5.88. The monoisotopic (exact) mass is 543 g/mol. The summed E-state index contributed by atoms with van der Waals surface area (Å²) >= 11 is 6.04. The minimum Gasteiger partial charge on any atom is -0.449 e. The van der Waals surface area contributed by atoms with Crippen LogP contribution in [0, 0.1) is 0 Å². The molecule has 6 nitrogen and oxygen atoms in total. The largest absolute Gasteiger partial charge is 0.449 e. The number of ether oxygens (including phenoxy) is 1. The van der Waals surface area contributed by atoms with Gasteiger partial charge in [0.2, 0.25) is 5.91 Å². The van der Waals surface area contributed by atoms with Gasteiger partial charge < -0.3 is 15.4 Å². The first-order valence-electron chi connectivity index (χ1n) is 13.9. The van der Waals surface area contributed by atoms with Crippen LogP contribution in [0.25, 0.3) is 11.1 Å². The number of carbonyl (C=O) groups excluding carboxylic acids is 2. The molecular formula is C32H34ClN3O3. The predicted molar refractivity (Wildman–Crippen MR) is 153 cm³/mol. The van der Waals surface area contributed by atoms with Gasteiger partial charge in [-0.2, -0.15) is 0 Å². The molecule has 7 heteroatoms. The van der Waals surface area contributed by atoms with E-state index in [1.807, 2.05) is 36.4 Å². The molecule has 202 valence electrons. The Kier molecular flexibility index (Phi) is 7.32. The summed E-state index contributed by atoms with van der Waals surface area (Å²) in [6.45, 7) is 2.84. The fourth-order valence-electron chi connectivity index (χ4n) is 6.66. The van der Waals surface area contributed by atoms with Crippen molar-refractivity contribution in [1.29, 1.82) is 0 Å². The number of alkyl carbamates (subject to hydrolysis) is 1. The fraction of sp³-hybridized carbons (Fsp3) is 0.375. The van der Waals surface area contributed by atoms with Gasteiger partial charge in [0.25, 0.3) is 0 Å². The van der Waals surface area contributed by atoms with Crippen molar-refractivity contribution in [3.63, 3.8) is 0 Å². The third-order valence-electron chi connectivity index (χ3n) is 8.58. The van der Waals surface area contributed by atoms with E-state index in [4.69, 9.17) is 16.3 Å². The van der Waals surface area contributed by atoms with Gasteiger partial charge in [0.15, 0.2) is 0 Å². The number of rotatable bonds is 7. The molecule has 2 saturated heterocycles. The molecule has 0 aromatic heterocycles. The van der Waals surface area contributed by atoms with Crippen molar-refractivity contribution in [3.8, 4) is 11.1 Å². The Morgan fingerprint density at radius 1 is 0.923 bits per heavy atom. The normalized spacial score (nSPS) is 22.6. The number of nitrogens with zero attached hydrogens (tertiary/aromatic N) is 1. The highest BCUT2D eigenvalue weighted by Gasteiger charge is 2.41. The van der Waals surface area contributed by atoms with E-state index in [0.717, 1.165) is 48.4 Å². The van der Waals surface area contributed by atoms with Crippen LogP contribution in [0.3, 0.4) is 0 Å². The molecule has 0 unspecified atom stereocenters. The lowest BCUT2D eigenvalue weighted by atomic mass is 9.96. The first kappa shape index (κ1) is 25.9. The van der Waals surface area contributed by atoms with E-state index in [1.165, 1.54) is 16.7 Å². The van der Waals surface area contributed by atoms with Crippen molar-refractivity contribution < 1.29 is 14.3 Å². The molecule has 39 heavy (non-hydrogen) atoms. The van der Waals surface area contributed by atoms with Crippen LogP contribution in [0.1, 0.15) is 55.2 Å².